The van der Waals surface area contributed by atoms with Crippen molar-refractivity contribution in [3.8, 4) is 0 Å². The van der Waals surface area contributed by atoms with E-state index in [0.717, 1.165) is 12.0 Å². The molecule has 1 atom stereocenters. The molecule has 0 fully saturated rings. The van der Waals surface area contributed by atoms with E-state index in [1.54, 1.807) is 0 Å². The topological polar surface area (TPSA) is 119 Å². The Labute approximate surface area is 128 Å². The van der Waals surface area contributed by atoms with Gasteiger partial charge in [-0.25, -0.2) is 4.79 Å². The molecule has 1 rings (SSSR count). The van der Waals surface area contributed by atoms with Crippen molar-refractivity contribution in [2.24, 2.45) is 5.73 Å². The average molecular weight is 308 g/mol. The Hall–Kier alpha value is -2.41. The molecule has 4 N–H and O–H groups in total. The summed E-state index contributed by atoms with van der Waals surface area (Å²) in [5.74, 6) is -1.97. The Morgan fingerprint density at radius 1 is 1.18 bits per heavy atom. The van der Waals surface area contributed by atoms with Crippen LogP contribution in [0.3, 0.4) is 0 Å². The van der Waals surface area contributed by atoms with E-state index < -0.39 is 17.9 Å². The number of hydrogen-bond donors (Lipinski definition) is 3. The van der Waals surface area contributed by atoms with Crippen molar-refractivity contribution in [3.05, 3.63) is 35.9 Å². The molecule has 0 aromatic heterocycles. The highest BCUT2D eigenvalue weighted by molar-refractivity contribution is 5.84. The predicted octanol–water partition coefficient (Wildman–Crippen LogP) is 0.776. The molecule has 0 aliphatic rings. The second-order valence-electron chi connectivity index (χ2n) is 4.87. The number of nitrogens with two attached hydrogens (primary N) is 1. The fourth-order valence-corrected chi connectivity index (χ4v) is 1.96. The van der Waals surface area contributed by atoms with Crippen molar-refractivity contribution < 1.29 is 24.5 Å². The van der Waals surface area contributed by atoms with Crippen LogP contribution in [0.2, 0.25) is 0 Å². The van der Waals surface area contributed by atoms with Crippen molar-refractivity contribution >= 4 is 17.8 Å². The van der Waals surface area contributed by atoms with E-state index in [1.165, 1.54) is 0 Å². The maximum Gasteiger partial charge on any atom is 0.364 e. The zero-order valence-electron chi connectivity index (χ0n) is 12.2. The van der Waals surface area contributed by atoms with Crippen molar-refractivity contribution in [2.45, 2.75) is 38.1 Å². The summed E-state index contributed by atoms with van der Waals surface area (Å²) in [5.41, 5.74) is 6.11. The second kappa shape index (κ2) is 9.51. The van der Waals surface area contributed by atoms with Gasteiger partial charge in [-0.3, -0.25) is 14.5 Å². The van der Waals surface area contributed by atoms with E-state index in [0.29, 0.717) is 6.42 Å². The molecule has 2 amide bonds. The van der Waals surface area contributed by atoms with Crippen LogP contribution >= 0.6 is 0 Å². The molecule has 7 heteroatoms. The largest absolute Gasteiger partial charge is 0.370 e. The van der Waals surface area contributed by atoms with Crippen LogP contribution in [0.4, 0.5) is 0 Å². The van der Waals surface area contributed by atoms with Gasteiger partial charge < -0.3 is 11.1 Å². The lowest BCUT2D eigenvalue weighted by molar-refractivity contribution is -0.236. The number of hydrogen-bond acceptors (Lipinski definition) is 5. The molecule has 1 aromatic carbocycles. The summed E-state index contributed by atoms with van der Waals surface area (Å²) < 4.78 is 0. The quantitative estimate of drug-likeness (QED) is 0.460. The predicted molar refractivity (Wildman–Crippen MR) is 78.5 cm³/mol. The number of aryl methyl sites for hydroxylation is 1. The monoisotopic (exact) mass is 308 g/mol. The number of rotatable bonds is 9. The molecule has 0 unspecified atom stereocenters. The van der Waals surface area contributed by atoms with E-state index in [1.807, 2.05) is 30.3 Å². The number of carbonyl (C=O) groups excluding carboxylic acids is 3. The number of carbonyl (C=O) groups is 3. The Kier molecular flexibility index (Phi) is 7.63. The Bertz CT molecular complexity index is 504. The molecule has 120 valence electrons. The van der Waals surface area contributed by atoms with Gasteiger partial charge in [0.2, 0.25) is 11.8 Å². The van der Waals surface area contributed by atoms with Crippen LogP contribution in [0.15, 0.2) is 30.3 Å². The van der Waals surface area contributed by atoms with Crippen molar-refractivity contribution in [3.63, 3.8) is 0 Å². The van der Waals surface area contributed by atoms with Gasteiger partial charge in [-0.15, -0.1) is 0 Å². The molecule has 22 heavy (non-hydrogen) atoms. The van der Waals surface area contributed by atoms with Crippen LogP contribution in [0.25, 0.3) is 0 Å². The summed E-state index contributed by atoms with van der Waals surface area (Å²) in [6, 6.07) is 8.62. The Morgan fingerprint density at radius 3 is 2.45 bits per heavy atom. The van der Waals surface area contributed by atoms with Gasteiger partial charge in [0.25, 0.3) is 0 Å². The third-order valence-corrected chi connectivity index (χ3v) is 3.10. The molecule has 7 nitrogen and oxygen atoms in total. The maximum absolute atomic E-state index is 11.8. The highest BCUT2D eigenvalue weighted by Crippen LogP contribution is 2.05. The fourth-order valence-electron chi connectivity index (χ4n) is 1.96. The number of primary amides is 1. The lowest BCUT2D eigenvalue weighted by Gasteiger charge is -2.14. The number of amides is 2. The number of benzene rings is 1. The first-order valence-corrected chi connectivity index (χ1v) is 6.99. The lowest BCUT2D eigenvalue weighted by Crippen LogP contribution is -2.42. The van der Waals surface area contributed by atoms with Crippen LogP contribution in [-0.2, 0) is 25.7 Å². The molecular weight excluding hydrogens is 288 g/mol. The SMILES string of the molecule is NC(=O)CC[C@H](NC(=O)CCCc1ccccc1)C(=O)OO. The number of nitrogens with one attached hydrogen (secondary N) is 1. The molecule has 1 aromatic rings. The summed E-state index contributed by atoms with van der Waals surface area (Å²) >= 11 is 0. The van der Waals surface area contributed by atoms with Gasteiger partial charge in [-0.1, -0.05) is 30.3 Å². The first kappa shape index (κ1) is 17.6. The zero-order chi connectivity index (χ0) is 16.4. The van der Waals surface area contributed by atoms with Crippen molar-refractivity contribution in [2.75, 3.05) is 0 Å². The Morgan fingerprint density at radius 2 is 1.86 bits per heavy atom. The van der Waals surface area contributed by atoms with Crippen LogP contribution in [-0.4, -0.2) is 29.1 Å². The molecule has 0 saturated heterocycles. The van der Waals surface area contributed by atoms with Crippen molar-refractivity contribution in [1.82, 2.24) is 5.32 Å². The van der Waals surface area contributed by atoms with Gasteiger partial charge in [-0.2, -0.15) is 5.26 Å². The summed E-state index contributed by atoms with van der Waals surface area (Å²) in [6.07, 6.45) is 1.47. The van der Waals surface area contributed by atoms with Gasteiger partial charge in [-0.05, 0) is 24.8 Å². The molecule has 0 spiro atoms. The first-order valence-electron chi connectivity index (χ1n) is 6.99. The smallest absolute Gasteiger partial charge is 0.364 e. The summed E-state index contributed by atoms with van der Waals surface area (Å²) in [7, 11) is 0. The standard InChI is InChI=1S/C15H20N2O5/c16-13(18)10-9-12(15(20)22-21)17-14(19)8-4-7-11-5-2-1-3-6-11/h1-3,5-6,12,21H,4,7-10H2,(H2,16,18)(H,17,19)/t12-/m0/s1. The first-order chi connectivity index (χ1) is 10.5. The molecule has 0 aliphatic heterocycles. The normalized spacial score (nSPS) is 11.5. The molecular formula is C15H20N2O5. The van der Waals surface area contributed by atoms with Crippen LogP contribution in [0, 0.1) is 0 Å². The summed E-state index contributed by atoms with van der Waals surface area (Å²) in [5, 5.41) is 10.8. The minimum absolute atomic E-state index is 0.0147. The van der Waals surface area contributed by atoms with Gasteiger partial charge >= 0.3 is 5.97 Å². The fraction of sp³-hybridized carbons (Fsp3) is 0.400. The van der Waals surface area contributed by atoms with E-state index in [4.69, 9.17) is 11.0 Å². The average Bonchev–Trinajstić information content (AvgIpc) is 2.51. The minimum atomic E-state index is -1.08. The summed E-state index contributed by atoms with van der Waals surface area (Å²) in [6.45, 7) is 0. The van der Waals surface area contributed by atoms with E-state index in [2.05, 4.69) is 10.2 Å². The van der Waals surface area contributed by atoms with E-state index in [-0.39, 0.29) is 25.2 Å². The molecule has 0 aliphatic carbocycles. The molecule has 0 heterocycles. The second-order valence-corrected chi connectivity index (χ2v) is 4.87. The minimum Gasteiger partial charge on any atom is -0.370 e. The lowest BCUT2D eigenvalue weighted by atomic mass is 10.1. The third-order valence-electron chi connectivity index (χ3n) is 3.10. The molecule has 0 radical (unpaired) electrons. The Balaban J connectivity index is 2.38. The maximum atomic E-state index is 11.8. The van der Waals surface area contributed by atoms with Gasteiger partial charge in [0, 0.05) is 12.8 Å². The van der Waals surface area contributed by atoms with Crippen LogP contribution in [0.1, 0.15) is 31.2 Å². The third kappa shape index (κ3) is 6.85. The molecule has 0 saturated carbocycles. The van der Waals surface area contributed by atoms with E-state index in [9.17, 15) is 14.4 Å². The van der Waals surface area contributed by atoms with Crippen LogP contribution in [0.5, 0.6) is 0 Å². The van der Waals surface area contributed by atoms with Gasteiger partial charge in [0.05, 0.1) is 0 Å². The highest BCUT2D eigenvalue weighted by atomic mass is 17.1. The zero-order valence-corrected chi connectivity index (χ0v) is 12.2. The van der Waals surface area contributed by atoms with Crippen molar-refractivity contribution in [1.29, 1.82) is 0 Å². The van der Waals surface area contributed by atoms with E-state index >= 15 is 0 Å². The molecule has 0 bridgehead atoms. The van der Waals surface area contributed by atoms with Gasteiger partial charge in [0.1, 0.15) is 6.04 Å². The highest BCUT2D eigenvalue weighted by Gasteiger charge is 2.22. The van der Waals surface area contributed by atoms with Gasteiger partial charge in [0.15, 0.2) is 0 Å². The summed E-state index contributed by atoms with van der Waals surface area (Å²) in [4.78, 5) is 37.4. The van der Waals surface area contributed by atoms with Crippen LogP contribution < -0.4 is 11.1 Å².